The van der Waals surface area contributed by atoms with Crippen LogP contribution in [0.2, 0.25) is 0 Å². The number of nitrogens with zero attached hydrogens (tertiary/aromatic N) is 10. The number of benzene rings is 6. The summed E-state index contributed by atoms with van der Waals surface area (Å²) >= 11 is 0. The summed E-state index contributed by atoms with van der Waals surface area (Å²) in [7, 11) is 0. The van der Waals surface area contributed by atoms with Crippen molar-refractivity contribution in [2.24, 2.45) is 22.9 Å². The lowest BCUT2D eigenvalue weighted by Crippen LogP contribution is -2.54. The monoisotopic (exact) mass is 1680 g/mol. The van der Waals surface area contributed by atoms with Crippen LogP contribution in [0.15, 0.2) is 182 Å². The molecular weight excluding hydrogens is 1540 g/mol. The molecule has 0 saturated heterocycles. The van der Waals surface area contributed by atoms with Crippen molar-refractivity contribution in [3.05, 3.63) is 215 Å². The number of rotatable bonds is 64. The summed E-state index contributed by atoms with van der Waals surface area (Å²) in [5, 5.41) is 3.04. The first-order chi connectivity index (χ1) is 59.3. The summed E-state index contributed by atoms with van der Waals surface area (Å²) < 4.78 is 0. The van der Waals surface area contributed by atoms with E-state index in [0.29, 0.717) is 64.6 Å². The fourth-order valence-corrected chi connectivity index (χ4v) is 14.5. The largest absolute Gasteiger partial charge is 0.368 e. The minimum Gasteiger partial charge on any atom is -0.368 e. The van der Waals surface area contributed by atoms with E-state index in [4.69, 9.17) is 22.9 Å². The molecule has 0 aliphatic carbocycles. The number of carbonyl (C=O) groups excluding carboxylic acids is 11. The van der Waals surface area contributed by atoms with Crippen LogP contribution in [0.3, 0.4) is 0 Å². The van der Waals surface area contributed by atoms with Gasteiger partial charge in [0.1, 0.15) is 0 Å². The number of nitrogens with one attached hydrogen (secondary N) is 1. The van der Waals surface area contributed by atoms with Crippen LogP contribution in [0.1, 0.15) is 150 Å². The molecule has 0 heterocycles. The minimum atomic E-state index is -0.663. The minimum absolute atomic E-state index is 0.00523. The Hall–Kier alpha value is -10.7. The highest BCUT2D eigenvalue weighted by Crippen LogP contribution is 2.17. The number of unbranched alkanes of at least 4 members (excludes halogenated alkanes) is 14. The molecule has 0 saturated carbocycles. The maximum atomic E-state index is 15.4. The third-order valence-electron chi connectivity index (χ3n) is 21.8. The van der Waals surface area contributed by atoms with Gasteiger partial charge < -0.3 is 77.3 Å². The topological polar surface area (TPSA) is 336 Å². The number of hydrogen-bond acceptors (Lipinski definition) is 15. The van der Waals surface area contributed by atoms with Crippen LogP contribution in [-0.4, -0.2) is 278 Å². The Morgan fingerprint density at radius 2 is 0.418 bits per heavy atom. The van der Waals surface area contributed by atoms with Gasteiger partial charge in [0.05, 0.1) is 72.0 Å². The van der Waals surface area contributed by atoms with Crippen molar-refractivity contribution in [3.8, 4) is 0 Å². The highest BCUT2D eigenvalue weighted by atomic mass is 16.2. The summed E-state index contributed by atoms with van der Waals surface area (Å²) in [5.41, 5.74) is 29.4. The molecule has 0 radical (unpaired) electrons. The van der Waals surface area contributed by atoms with Gasteiger partial charge in [-0.15, -0.1) is 0 Å². The van der Waals surface area contributed by atoms with Gasteiger partial charge in [0.2, 0.25) is 65.0 Å². The maximum Gasteiger partial charge on any atom is 0.242 e. The Morgan fingerprint density at radius 1 is 0.230 bits per heavy atom. The van der Waals surface area contributed by atoms with Gasteiger partial charge in [-0.3, -0.25) is 52.7 Å². The van der Waals surface area contributed by atoms with Gasteiger partial charge in [-0.25, -0.2) is 0 Å². The second kappa shape index (κ2) is 59.9. The molecule has 9 N–H and O–H groups in total. The molecule has 0 spiro atoms. The molecule has 11 amide bonds. The molecule has 0 unspecified atom stereocenters. The predicted molar refractivity (Wildman–Crippen MR) is 481 cm³/mol. The highest BCUT2D eigenvalue weighted by molar-refractivity contribution is 5.95. The first-order valence-electron chi connectivity index (χ1n) is 44.4. The van der Waals surface area contributed by atoms with E-state index in [9.17, 15) is 24.0 Å². The molecule has 0 bridgehead atoms. The molecule has 0 aliphatic heterocycles. The van der Waals surface area contributed by atoms with E-state index in [1.807, 2.05) is 182 Å². The SMILES string of the molecule is CCCCCCCCCCN(CC(N)=O)C(=O)CN(CCCCCCCCCC)C(=O)CN(CCc1ccccc1)C(=O)CN(CCc1ccccc1)C(=O)CN(CCN)C(=O)CN(CCc1ccccc1)C(=O)CN(CCc1ccccc1)C(=O)CN(CCN)C(=O)CN(CCc1ccccc1)C(=O)CN(CCc1ccccc1)C(=O)CNCCN. The second-order valence-corrected chi connectivity index (χ2v) is 31.5. The van der Waals surface area contributed by atoms with E-state index >= 15 is 28.8 Å². The Morgan fingerprint density at radius 3 is 0.623 bits per heavy atom. The number of carbonyl (C=O) groups is 11. The van der Waals surface area contributed by atoms with E-state index in [1.165, 1.54) is 61.8 Å². The molecule has 26 heteroatoms. The highest BCUT2D eigenvalue weighted by Gasteiger charge is 2.33. The van der Waals surface area contributed by atoms with Crippen LogP contribution < -0.4 is 28.3 Å². The van der Waals surface area contributed by atoms with E-state index < -0.39 is 105 Å². The van der Waals surface area contributed by atoms with Crippen molar-refractivity contribution in [2.75, 3.05) is 164 Å². The van der Waals surface area contributed by atoms with Gasteiger partial charge >= 0.3 is 0 Å². The van der Waals surface area contributed by atoms with Crippen molar-refractivity contribution < 1.29 is 52.7 Å². The number of amides is 11. The zero-order chi connectivity index (χ0) is 87.7. The lowest BCUT2D eigenvalue weighted by atomic mass is 10.1. The normalized spacial score (nSPS) is 11.0. The van der Waals surface area contributed by atoms with Gasteiger partial charge in [0.25, 0.3) is 0 Å². The van der Waals surface area contributed by atoms with Gasteiger partial charge in [-0.05, 0) is 84.7 Å². The lowest BCUT2D eigenvalue weighted by Gasteiger charge is -2.33. The zero-order valence-corrected chi connectivity index (χ0v) is 72.8. The van der Waals surface area contributed by atoms with E-state index in [1.54, 1.807) is 0 Å². The van der Waals surface area contributed by atoms with Gasteiger partial charge in [0.15, 0.2) is 0 Å². The fraction of sp³-hybridized carbons (Fsp3) is 0.510. The standard InChI is InChI=1S/C96H139N15O11/c1-3-5-7-9-11-13-15-35-59-102(70-86(100)112)88(114)71-103(60-36-16-14-12-10-8-6-4-2)89(115)73-105(62-50-81-39-25-18-26-40-81)91(117)74-106(63-51-82-41-27-19-28-42-82)93(119)79-111(68-57-99)96(122)77-109(66-54-85-47-33-22-34-48-85)92(118)75-107(64-52-83-43-29-20-30-44-83)94(120)78-110(67-56-98)95(121)76-108(65-53-84-45-31-21-32-46-84)90(116)72-104(87(113)69-101-58-55-97)61-49-80-37-23-17-24-38-80/h17-34,37-48,101H,3-16,35-36,49-79,97-99H2,1-2H3,(H2,100,112). The first-order valence-corrected chi connectivity index (χ1v) is 44.4. The molecular formula is C96H139N15O11. The molecule has 0 fully saturated rings. The fourth-order valence-electron chi connectivity index (χ4n) is 14.5. The summed E-state index contributed by atoms with van der Waals surface area (Å²) in [4.78, 5) is 176. The van der Waals surface area contributed by atoms with Crippen LogP contribution >= 0.6 is 0 Å². The lowest BCUT2D eigenvalue weighted by molar-refractivity contribution is -0.149. The summed E-state index contributed by atoms with van der Waals surface area (Å²) in [5.74, 6) is -6.01. The molecule has 0 aromatic heterocycles. The average molecular weight is 1680 g/mol. The molecule has 26 nitrogen and oxygen atoms in total. The molecule has 6 aromatic rings. The van der Waals surface area contributed by atoms with Crippen molar-refractivity contribution in [1.82, 2.24) is 54.3 Å². The van der Waals surface area contributed by atoms with Crippen molar-refractivity contribution in [2.45, 2.75) is 155 Å². The van der Waals surface area contributed by atoms with E-state index in [-0.39, 0.29) is 110 Å². The Labute approximate surface area is 725 Å². The van der Waals surface area contributed by atoms with E-state index in [0.717, 1.165) is 110 Å². The van der Waals surface area contributed by atoms with Crippen molar-refractivity contribution in [3.63, 3.8) is 0 Å². The third-order valence-corrected chi connectivity index (χ3v) is 21.8. The van der Waals surface area contributed by atoms with E-state index in [2.05, 4.69) is 19.2 Å². The Kier molecular flexibility index (Phi) is 49.2. The number of hydrogen-bond donors (Lipinski definition) is 5. The van der Waals surface area contributed by atoms with Gasteiger partial charge in [-0.2, -0.15) is 0 Å². The summed E-state index contributed by atoms with van der Waals surface area (Å²) in [6, 6.07) is 56.7. The quantitative estimate of drug-likeness (QED) is 0.0226. The van der Waals surface area contributed by atoms with Gasteiger partial charge in [0, 0.05) is 91.6 Å². The van der Waals surface area contributed by atoms with Gasteiger partial charge in [-0.1, -0.05) is 286 Å². The molecule has 664 valence electrons. The molecule has 0 aliphatic rings. The van der Waals surface area contributed by atoms with Crippen LogP contribution in [0, 0.1) is 0 Å². The van der Waals surface area contributed by atoms with Crippen LogP contribution in [0.5, 0.6) is 0 Å². The molecule has 122 heavy (non-hydrogen) atoms. The zero-order valence-electron chi connectivity index (χ0n) is 72.8. The van der Waals surface area contributed by atoms with Crippen LogP contribution in [-0.2, 0) is 91.3 Å². The summed E-state index contributed by atoms with van der Waals surface area (Å²) in [6.45, 7) is 0.941. The third kappa shape index (κ3) is 40.3. The number of primary amides is 1. The Balaban J connectivity index is 1.27. The Bertz CT molecular complexity index is 4010. The smallest absolute Gasteiger partial charge is 0.242 e. The number of nitrogens with two attached hydrogens (primary N) is 4. The molecule has 6 rings (SSSR count). The van der Waals surface area contributed by atoms with Crippen molar-refractivity contribution >= 4 is 65.0 Å². The average Bonchev–Trinajstić information content (AvgIpc) is 0.856. The first kappa shape index (κ1) is 100. The summed E-state index contributed by atoms with van der Waals surface area (Å²) in [6.07, 6.45) is 18.2. The van der Waals surface area contributed by atoms with Crippen LogP contribution in [0.4, 0.5) is 0 Å². The van der Waals surface area contributed by atoms with Crippen LogP contribution in [0.25, 0.3) is 0 Å². The van der Waals surface area contributed by atoms with Crippen molar-refractivity contribution in [1.29, 1.82) is 0 Å². The molecule has 6 aromatic carbocycles. The second-order valence-electron chi connectivity index (χ2n) is 31.5. The predicted octanol–water partition coefficient (Wildman–Crippen LogP) is 7.96. The molecule has 0 atom stereocenters. The maximum absolute atomic E-state index is 15.4.